The maximum Gasteiger partial charge on any atom is 0.226 e. The Bertz CT molecular complexity index is 579. The molecule has 0 atom stereocenters. The lowest BCUT2D eigenvalue weighted by Gasteiger charge is -2.11. The number of hydrogen-bond donors (Lipinski definition) is 1. The van der Waals surface area contributed by atoms with Gasteiger partial charge in [0.25, 0.3) is 0 Å². The minimum Gasteiger partial charge on any atom is -0.497 e. The van der Waals surface area contributed by atoms with Crippen molar-refractivity contribution in [2.24, 2.45) is 5.92 Å². The molecule has 0 unspecified atom stereocenters. The Hall–Kier alpha value is -2.10. The molecule has 4 nitrogen and oxygen atoms in total. The van der Waals surface area contributed by atoms with Gasteiger partial charge in [-0.15, -0.1) is 0 Å². The smallest absolute Gasteiger partial charge is 0.226 e. The lowest BCUT2D eigenvalue weighted by Crippen LogP contribution is -2.18. The molecule has 1 aromatic carbocycles. The van der Waals surface area contributed by atoms with Gasteiger partial charge in [-0.1, -0.05) is 19.9 Å². The van der Waals surface area contributed by atoms with Crippen LogP contribution >= 0.6 is 0 Å². The van der Waals surface area contributed by atoms with E-state index in [0.29, 0.717) is 11.4 Å². The third kappa shape index (κ3) is 2.42. The largest absolute Gasteiger partial charge is 0.497 e. The summed E-state index contributed by atoms with van der Waals surface area (Å²) in [5, 5.41) is 3.82. The van der Waals surface area contributed by atoms with Crippen LogP contribution in [0.2, 0.25) is 0 Å². The number of fused-ring (bicyclic) bond motifs is 1. The van der Waals surface area contributed by atoms with E-state index < -0.39 is 0 Å². The minimum atomic E-state index is -0.0741. The number of ether oxygens (including phenoxy) is 1. The van der Waals surface area contributed by atoms with E-state index in [2.05, 4.69) is 10.3 Å². The fourth-order valence-corrected chi connectivity index (χ4v) is 1.66. The number of carbonyl (C=O) groups excluding carboxylic acids is 1. The second kappa shape index (κ2) is 5.04. The second-order valence-corrected chi connectivity index (χ2v) is 4.39. The van der Waals surface area contributed by atoms with E-state index in [4.69, 9.17) is 4.74 Å². The third-order valence-corrected chi connectivity index (χ3v) is 2.70. The highest BCUT2D eigenvalue weighted by Crippen LogP contribution is 2.27. The van der Waals surface area contributed by atoms with E-state index in [0.717, 1.165) is 10.9 Å². The van der Waals surface area contributed by atoms with Gasteiger partial charge in [-0.25, -0.2) is 0 Å². The van der Waals surface area contributed by atoms with Crippen LogP contribution in [0.5, 0.6) is 5.75 Å². The van der Waals surface area contributed by atoms with Crippen molar-refractivity contribution in [1.82, 2.24) is 4.98 Å². The van der Waals surface area contributed by atoms with Crippen molar-refractivity contribution in [2.75, 3.05) is 12.4 Å². The van der Waals surface area contributed by atoms with E-state index in [-0.39, 0.29) is 11.8 Å². The summed E-state index contributed by atoms with van der Waals surface area (Å²) in [4.78, 5) is 16.1. The van der Waals surface area contributed by atoms with Crippen molar-refractivity contribution in [2.45, 2.75) is 13.8 Å². The van der Waals surface area contributed by atoms with E-state index in [9.17, 15) is 4.79 Å². The molecule has 0 saturated carbocycles. The average molecular weight is 244 g/mol. The molecule has 0 spiro atoms. The zero-order valence-electron chi connectivity index (χ0n) is 10.7. The number of carbonyl (C=O) groups is 1. The maximum atomic E-state index is 11.8. The number of hydrogen-bond acceptors (Lipinski definition) is 3. The first-order valence-electron chi connectivity index (χ1n) is 5.85. The zero-order valence-corrected chi connectivity index (χ0v) is 10.7. The predicted octanol–water partition coefficient (Wildman–Crippen LogP) is 2.84. The number of amides is 1. The quantitative estimate of drug-likeness (QED) is 0.903. The number of nitrogens with zero attached hydrogens (tertiary/aromatic N) is 1. The molecule has 0 aliphatic heterocycles. The standard InChI is InChI=1S/C14H16N2O2/c1-9(2)14(17)16-12-8-11(18-3)7-10-5-4-6-15-13(10)12/h4-9H,1-3H3,(H,16,17). The van der Waals surface area contributed by atoms with E-state index in [1.54, 1.807) is 19.4 Å². The van der Waals surface area contributed by atoms with Crippen LogP contribution in [0.4, 0.5) is 5.69 Å². The van der Waals surface area contributed by atoms with Crippen LogP contribution < -0.4 is 10.1 Å². The number of pyridine rings is 1. The summed E-state index contributed by atoms with van der Waals surface area (Å²) in [6, 6.07) is 7.48. The number of aromatic nitrogens is 1. The fraction of sp³-hybridized carbons (Fsp3) is 0.286. The molecule has 4 heteroatoms. The highest BCUT2D eigenvalue weighted by molar-refractivity contribution is 6.01. The molecule has 0 aliphatic rings. The summed E-state index contributed by atoms with van der Waals surface area (Å²) in [6.45, 7) is 3.70. The van der Waals surface area contributed by atoms with Gasteiger partial charge in [0, 0.05) is 23.6 Å². The number of methoxy groups -OCH3 is 1. The van der Waals surface area contributed by atoms with Gasteiger partial charge in [0.05, 0.1) is 18.3 Å². The third-order valence-electron chi connectivity index (χ3n) is 2.70. The van der Waals surface area contributed by atoms with Crippen molar-refractivity contribution in [3.8, 4) is 5.75 Å². The van der Waals surface area contributed by atoms with Crippen molar-refractivity contribution in [1.29, 1.82) is 0 Å². The van der Waals surface area contributed by atoms with Crippen LogP contribution in [0.1, 0.15) is 13.8 Å². The molecule has 0 bridgehead atoms. The van der Waals surface area contributed by atoms with Gasteiger partial charge in [-0.2, -0.15) is 0 Å². The van der Waals surface area contributed by atoms with Crippen LogP contribution in [-0.2, 0) is 4.79 Å². The molecule has 1 N–H and O–H groups in total. The zero-order chi connectivity index (χ0) is 13.1. The Balaban J connectivity index is 2.50. The van der Waals surface area contributed by atoms with Crippen LogP contribution in [0.15, 0.2) is 30.5 Å². The van der Waals surface area contributed by atoms with Crippen LogP contribution in [0, 0.1) is 5.92 Å². The normalized spacial score (nSPS) is 10.7. The highest BCUT2D eigenvalue weighted by atomic mass is 16.5. The lowest BCUT2D eigenvalue weighted by atomic mass is 10.1. The molecule has 0 aliphatic carbocycles. The molecule has 0 fully saturated rings. The first-order chi connectivity index (χ1) is 8.61. The van der Waals surface area contributed by atoms with Gasteiger partial charge in [0.1, 0.15) is 5.75 Å². The van der Waals surface area contributed by atoms with E-state index in [1.807, 2.05) is 32.0 Å². The minimum absolute atomic E-state index is 0.0322. The molecule has 94 valence electrons. The molecule has 1 aromatic heterocycles. The molecular formula is C14H16N2O2. The average Bonchev–Trinajstić information content (AvgIpc) is 2.38. The summed E-state index contributed by atoms with van der Waals surface area (Å²) in [5.41, 5.74) is 1.45. The Morgan fingerprint density at radius 2 is 2.17 bits per heavy atom. The summed E-state index contributed by atoms with van der Waals surface area (Å²) >= 11 is 0. The fourth-order valence-electron chi connectivity index (χ4n) is 1.66. The summed E-state index contributed by atoms with van der Waals surface area (Å²) < 4.78 is 5.23. The Labute approximate surface area is 106 Å². The van der Waals surface area contributed by atoms with E-state index >= 15 is 0 Å². The molecule has 0 saturated heterocycles. The molecular weight excluding hydrogens is 228 g/mol. The van der Waals surface area contributed by atoms with Gasteiger partial charge in [-0.05, 0) is 12.1 Å². The van der Waals surface area contributed by atoms with Crippen LogP contribution in [-0.4, -0.2) is 18.0 Å². The van der Waals surface area contributed by atoms with Crippen molar-refractivity contribution in [3.63, 3.8) is 0 Å². The topological polar surface area (TPSA) is 51.2 Å². The summed E-state index contributed by atoms with van der Waals surface area (Å²) in [5.74, 6) is 0.597. The number of anilines is 1. The van der Waals surface area contributed by atoms with Gasteiger partial charge in [0.15, 0.2) is 0 Å². The van der Waals surface area contributed by atoms with Crippen molar-refractivity contribution >= 4 is 22.5 Å². The Morgan fingerprint density at radius 3 is 2.83 bits per heavy atom. The molecule has 2 aromatic rings. The summed E-state index contributed by atoms with van der Waals surface area (Å²) in [7, 11) is 1.60. The lowest BCUT2D eigenvalue weighted by molar-refractivity contribution is -0.118. The molecule has 18 heavy (non-hydrogen) atoms. The number of nitrogens with one attached hydrogen (secondary N) is 1. The monoisotopic (exact) mass is 244 g/mol. The first kappa shape index (κ1) is 12.4. The van der Waals surface area contributed by atoms with Crippen molar-refractivity contribution in [3.05, 3.63) is 30.5 Å². The van der Waals surface area contributed by atoms with Crippen LogP contribution in [0.3, 0.4) is 0 Å². The van der Waals surface area contributed by atoms with Gasteiger partial charge >= 0.3 is 0 Å². The number of rotatable bonds is 3. The van der Waals surface area contributed by atoms with E-state index in [1.165, 1.54) is 0 Å². The van der Waals surface area contributed by atoms with Gasteiger partial charge < -0.3 is 10.1 Å². The van der Waals surface area contributed by atoms with Gasteiger partial charge in [-0.3, -0.25) is 9.78 Å². The number of benzene rings is 1. The maximum absolute atomic E-state index is 11.8. The SMILES string of the molecule is COc1cc(NC(=O)C(C)C)c2ncccc2c1. The summed E-state index contributed by atoms with van der Waals surface area (Å²) in [6.07, 6.45) is 1.71. The molecule has 1 heterocycles. The molecule has 0 radical (unpaired) electrons. The van der Waals surface area contributed by atoms with Crippen LogP contribution in [0.25, 0.3) is 10.9 Å². The Morgan fingerprint density at radius 1 is 1.39 bits per heavy atom. The Kier molecular flexibility index (Phi) is 3.46. The molecule has 1 amide bonds. The van der Waals surface area contributed by atoms with Crippen molar-refractivity contribution < 1.29 is 9.53 Å². The second-order valence-electron chi connectivity index (χ2n) is 4.39. The first-order valence-corrected chi connectivity index (χ1v) is 5.85. The highest BCUT2D eigenvalue weighted by Gasteiger charge is 2.11. The van der Waals surface area contributed by atoms with Gasteiger partial charge in [0.2, 0.25) is 5.91 Å². The predicted molar refractivity (Wildman–Crippen MR) is 71.8 cm³/mol. The molecule has 2 rings (SSSR count).